The van der Waals surface area contributed by atoms with Crippen LogP contribution in [-0.2, 0) is 6.54 Å². The minimum atomic E-state index is 0.747. The maximum atomic E-state index is 5.24. The second-order valence-electron chi connectivity index (χ2n) is 4.72. The van der Waals surface area contributed by atoms with Crippen molar-refractivity contribution < 1.29 is 4.74 Å². The third kappa shape index (κ3) is 3.00. The fourth-order valence-electron chi connectivity index (χ4n) is 2.28. The van der Waals surface area contributed by atoms with Gasteiger partial charge in [0.2, 0.25) is 0 Å². The number of pyridine rings is 1. The topological polar surface area (TPSA) is 34.1 Å². The molecule has 3 rings (SSSR count). The number of benzene rings is 2. The van der Waals surface area contributed by atoms with Gasteiger partial charge >= 0.3 is 0 Å². The number of hydrogen-bond acceptors (Lipinski definition) is 3. The van der Waals surface area contributed by atoms with Gasteiger partial charge in [0, 0.05) is 30.0 Å². The molecule has 0 atom stereocenters. The summed E-state index contributed by atoms with van der Waals surface area (Å²) in [7, 11) is 1.67. The molecule has 0 saturated carbocycles. The lowest BCUT2D eigenvalue weighted by atomic mass is 10.1. The Morgan fingerprint density at radius 2 is 2.10 bits per heavy atom. The predicted molar refractivity (Wildman–Crippen MR) is 89.8 cm³/mol. The van der Waals surface area contributed by atoms with Gasteiger partial charge in [-0.05, 0) is 51.1 Å². The average Bonchev–Trinajstić information content (AvgIpc) is 2.53. The van der Waals surface area contributed by atoms with E-state index in [1.807, 2.05) is 24.5 Å². The van der Waals surface area contributed by atoms with Crippen molar-refractivity contribution >= 4 is 32.4 Å². The summed E-state index contributed by atoms with van der Waals surface area (Å²) in [5.74, 6) is 0.841. The standard InChI is InChI=1S/C17H15BrN2O/c1-21-17-6-5-12(9-15(17)18)10-20-16-4-2-3-13-7-8-19-11-14(13)16/h2-9,11,20H,10H2,1H3. The minimum absolute atomic E-state index is 0.747. The van der Waals surface area contributed by atoms with Crippen molar-refractivity contribution in [3.05, 3.63) is 64.9 Å². The van der Waals surface area contributed by atoms with Crippen LogP contribution in [0.4, 0.5) is 5.69 Å². The molecule has 4 heteroatoms. The fourth-order valence-corrected chi connectivity index (χ4v) is 2.87. The molecule has 21 heavy (non-hydrogen) atoms. The predicted octanol–water partition coefficient (Wildman–Crippen LogP) is 4.62. The zero-order valence-corrected chi connectivity index (χ0v) is 13.2. The van der Waals surface area contributed by atoms with Gasteiger partial charge in [-0.15, -0.1) is 0 Å². The zero-order valence-electron chi connectivity index (χ0n) is 11.6. The smallest absolute Gasteiger partial charge is 0.133 e. The third-order valence-electron chi connectivity index (χ3n) is 3.38. The number of nitrogens with one attached hydrogen (secondary N) is 1. The third-order valence-corrected chi connectivity index (χ3v) is 4.00. The summed E-state index contributed by atoms with van der Waals surface area (Å²) in [5, 5.41) is 5.79. The normalized spacial score (nSPS) is 10.6. The van der Waals surface area contributed by atoms with Crippen molar-refractivity contribution in [1.29, 1.82) is 0 Å². The number of hydrogen-bond donors (Lipinski definition) is 1. The Bertz CT molecular complexity index is 768. The second-order valence-corrected chi connectivity index (χ2v) is 5.58. The lowest BCUT2D eigenvalue weighted by Gasteiger charge is -2.11. The SMILES string of the molecule is COc1ccc(CNc2cccc3ccncc23)cc1Br. The number of fused-ring (bicyclic) bond motifs is 1. The summed E-state index contributed by atoms with van der Waals surface area (Å²) in [6.45, 7) is 0.747. The number of ether oxygens (including phenoxy) is 1. The number of nitrogens with zero attached hydrogens (tertiary/aromatic N) is 1. The largest absolute Gasteiger partial charge is 0.496 e. The molecule has 0 fully saturated rings. The van der Waals surface area contributed by atoms with E-state index < -0.39 is 0 Å². The molecular weight excluding hydrogens is 328 g/mol. The molecule has 0 bridgehead atoms. The first kappa shape index (κ1) is 13.9. The number of aromatic nitrogens is 1. The Morgan fingerprint density at radius 1 is 1.19 bits per heavy atom. The van der Waals surface area contributed by atoms with E-state index in [1.54, 1.807) is 7.11 Å². The highest BCUT2D eigenvalue weighted by Gasteiger charge is 2.03. The van der Waals surface area contributed by atoms with E-state index in [4.69, 9.17) is 4.74 Å². The average molecular weight is 343 g/mol. The summed E-state index contributed by atoms with van der Waals surface area (Å²) in [5.41, 5.74) is 2.27. The molecule has 0 unspecified atom stereocenters. The van der Waals surface area contributed by atoms with Crippen LogP contribution >= 0.6 is 15.9 Å². The van der Waals surface area contributed by atoms with Gasteiger partial charge in [-0.3, -0.25) is 4.98 Å². The lowest BCUT2D eigenvalue weighted by Crippen LogP contribution is -2.00. The Hall–Kier alpha value is -2.07. The van der Waals surface area contributed by atoms with Crippen LogP contribution in [0.5, 0.6) is 5.75 Å². The molecule has 0 amide bonds. The summed E-state index contributed by atoms with van der Waals surface area (Å²) < 4.78 is 6.21. The van der Waals surface area contributed by atoms with Gasteiger partial charge in [0.1, 0.15) is 5.75 Å². The van der Waals surface area contributed by atoms with Crippen LogP contribution in [-0.4, -0.2) is 12.1 Å². The highest BCUT2D eigenvalue weighted by Crippen LogP contribution is 2.27. The van der Waals surface area contributed by atoms with Crippen molar-refractivity contribution in [3.8, 4) is 5.75 Å². The second kappa shape index (κ2) is 6.14. The molecule has 0 spiro atoms. The maximum absolute atomic E-state index is 5.24. The molecule has 0 radical (unpaired) electrons. The molecule has 0 aliphatic rings. The van der Waals surface area contributed by atoms with Crippen molar-refractivity contribution in [2.75, 3.05) is 12.4 Å². The van der Waals surface area contributed by atoms with E-state index in [2.05, 4.69) is 56.6 Å². The molecular formula is C17H15BrN2O. The quantitative estimate of drug-likeness (QED) is 0.751. The van der Waals surface area contributed by atoms with Crippen LogP contribution in [0.15, 0.2) is 59.3 Å². The van der Waals surface area contributed by atoms with E-state index in [0.717, 1.165) is 27.8 Å². The zero-order chi connectivity index (χ0) is 14.7. The molecule has 1 aromatic heterocycles. The van der Waals surface area contributed by atoms with Crippen molar-refractivity contribution in [2.45, 2.75) is 6.54 Å². The van der Waals surface area contributed by atoms with Crippen LogP contribution < -0.4 is 10.1 Å². The molecule has 0 saturated heterocycles. The Labute approximate surface area is 132 Å². The van der Waals surface area contributed by atoms with Gasteiger partial charge in [-0.1, -0.05) is 18.2 Å². The molecule has 3 aromatic rings. The van der Waals surface area contributed by atoms with Crippen molar-refractivity contribution in [1.82, 2.24) is 4.98 Å². The summed E-state index contributed by atoms with van der Waals surface area (Å²) >= 11 is 3.51. The molecule has 3 nitrogen and oxygen atoms in total. The van der Waals surface area contributed by atoms with Gasteiger partial charge in [-0.2, -0.15) is 0 Å². The van der Waals surface area contributed by atoms with Crippen LogP contribution in [0.25, 0.3) is 10.8 Å². The van der Waals surface area contributed by atoms with E-state index in [0.29, 0.717) is 0 Å². The van der Waals surface area contributed by atoms with E-state index in [-0.39, 0.29) is 0 Å². The lowest BCUT2D eigenvalue weighted by molar-refractivity contribution is 0.412. The first-order valence-electron chi connectivity index (χ1n) is 6.67. The van der Waals surface area contributed by atoms with Crippen molar-refractivity contribution in [3.63, 3.8) is 0 Å². The van der Waals surface area contributed by atoms with E-state index >= 15 is 0 Å². The fraction of sp³-hybridized carbons (Fsp3) is 0.118. The molecule has 106 valence electrons. The van der Waals surface area contributed by atoms with Crippen LogP contribution in [0, 0.1) is 0 Å². The monoisotopic (exact) mass is 342 g/mol. The first-order valence-corrected chi connectivity index (χ1v) is 7.46. The van der Waals surface area contributed by atoms with Gasteiger partial charge in [-0.25, -0.2) is 0 Å². The maximum Gasteiger partial charge on any atom is 0.133 e. The molecule has 0 aliphatic heterocycles. The number of halogens is 1. The molecule has 1 N–H and O–H groups in total. The van der Waals surface area contributed by atoms with Crippen molar-refractivity contribution in [2.24, 2.45) is 0 Å². The number of rotatable bonds is 4. The number of anilines is 1. The van der Waals surface area contributed by atoms with Gasteiger partial charge in [0.05, 0.1) is 11.6 Å². The molecule has 2 aromatic carbocycles. The van der Waals surface area contributed by atoms with Gasteiger partial charge in [0.15, 0.2) is 0 Å². The Morgan fingerprint density at radius 3 is 2.90 bits per heavy atom. The number of methoxy groups -OCH3 is 1. The highest BCUT2D eigenvalue weighted by molar-refractivity contribution is 9.10. The highest BCUT2D eigenvalue weighted by atomic mass is 79.9. The summed E-state index contributed by atoms with van der Waals surface area (Å²) in [4.78, 5) is 4.20. The molecule has 1 heterocycles. The molecule has 0 aliphatic carbocycles. The summed E-state index contributed by atoms with van der Waals surface area (Å²) in [6, 6.07) is 14.3. The Kier molecular flexibility index (Phi) is 4.06. The Balaban J connectivity index is 1.82. The van der Waals surface area contributed by atoms with Crippen LogP contribution in [0.3, 0.4) is 0 Å². The first-order chi connectivity index (χ1) is 10.3. The van der Waals surface area contributed by atoms with Crippen LogP contribution in [0.1, 0.15) is 5.56 Å². The van der Waals surface area contributed by atoms with Crippen LogP contribution in [0.2, 0.25) is 0 Å². The van der Waals surface area contributed by atoms with E-state index in [9.17, 15) is 0 Å². The van der Waals surface area contributed by atoms with Gasteiger partial charge in [0.25, 0.3) is 0 Å². The minimum Gasteiger partial charge on any atom is -0.496 e. The summed E-state index contributed by atoms with van der Waals surface area (Å²) in [6.07, 6.45) is 3.70. The van der Waals surface area contributed by atoms with E-state index in [1.165, 1.54) is 10.9 Å². The van der Waals surface area contributed by atoms with Gasteiger partial charge < -0.3 is 10.1 Å².